The number of hydrogen-bond acceptors (Lipinski definition) is 3. The van der Waals surface area contributed by atoms with Crippen molar-refractivity contribution >= 4 is 21.6 Å². The van der Waals surface area contributed by atoms with Crippen LogP contribution in [-0.4, -0.2) is 8.42 Å². The van der Waals surface area contributed by atoms with Crippen LogP contribution in [0, 0.1) is 13.8 Å². The van der Waals surface area contributed by atoms with Crippen molar-refractivity contribution < 1.29 is 13.2 Å². The molecule has 1 heterocycles. The van der Waals surface area contributed by atoms with Crippen molar-refractivity contribution in [2.45, 2.75) is 33.4 Å². The van der Waals surface area contributed by atoms with E-state index in [-0.39, 0.29) is 0 Å². The molecular formula is C20H16O3S2. The second-order valence-electron chi connectivity index (χ2n) is 5.92. The van der Waals surface area contributed by atoms with Gasteiger partial charge in [0.05, 0.1) is 41.2 Å². The summed E-state index contributed by atoms with van der Waals surface area (Å²) in [5, 5.41) is 0. The van der Waals surface area contributed by atoms with Gasteiger partial charge >= 0.3 is 0 Å². The van der Waals surface area contributed by atoms with E-state index in [1.807, 2.05) is 50.2 Å². The van der Waals surface area contributed by atoms with Gasteiger partial charge < -0.3 is 4.74 Å². The summed E-state index contributed by atoms with van der Waals surface area (Å²) in [5.41, 5.74) is 2.10. The van der Waals surface area contributed by atoms with Crippen LogP contribution in [0.4, 0.5) is 0 Å². The standard InChI is InChI=1S/C20H16O3S2/c1-13-11-16-20(12-14(13)2)25(22)19-10-6-5-9-18(19)24(21)17-8-4-3-7-15(17)23-16/h3-12H,1-2H3. The minimum atomic E-state index is -1.48. The van der Waals surface area contributed by atoms with Crippen molar-refractivity contribution in [3.05, 3.63) is 71.8 Å². The van der Waals surface area contributed by atoms with E-state index in [1.165, 1.54) is 0 Å². The summed E-state index contributed by atoms with van der Waals surface area (Å²) in [6.45, 7) is 3.98. The van der Waals surface area contributed by atoms with Crippen molar-refractivity contribution in [2.75, 3.05) is 0 Å². The van der Waals surface area contributed by atoms with Gasteiger partial charge in [0.15, 0.2) is 0 Å². The van der Waals surface area contributed by atoms with Gasteiger partial charge in [-0.15, -0.1) is 0 Å². The highest BCUT2D eigenvalue weighted by atomic mass is 32.2. The average molecular weight is 368 g/mol. The molecule has 0 saturated heterocycles. The van der Waals surface area contributed by atoms with Gasteiger partial charge in [-0.1, -0.05) is 24.3 Å². The third-order valence-corrected chi connectivity index (χ3v) is 7.37. The average Bonchev–Trinajstić information content (AvgIpc) is 2.66. The summed E-state index contributed by atoms with van der Waals surface area (Å²) in [7, 11) is -2.94. The normalized spacial score (nSPS) is 18.6. The monoisotopic (exact) mass is 368 g/mol. The molecule has 3 aromatic carbocycles. The Hall–Kier alpha value is -2.24. The fourth-order valence-corrected chi connectivity index (χ4v) is 5.68. The molecule has 0 N–H and O–H groups in total. The summed E-state index contributed by atoms with van der Waals surface area (Å²) < 4.78 is 32.5. The van der Waals surface area contributed by atoms with E-state index in [0.29, 0.717) is 31.1 Å². The van der Waals surface area contributed by atoms with E-state index >= 15 is 0 Å². The number of rotatable bonds is 0. The minimum Gasteiger partial charge on any atom is -0.455 e. The van der Waals surface area contributed by atoms with E-state index in [9.17, 15) is 8.42 Å². The summed E-state index contributed by atoms with van der Waals surface area (Å²) in [6, 6.07) is 18.2. The molecule has 25 heavy (non-hydrogen) atoms. The highest BCUT2D eigenvalue weighted by Crippen LogP contribution is 2.39. The first-order chi connectivity index (χ1) is 12.1. The molecule has 2 unspecified atom stereocenters. The first-order valence-corrected chi connectivity index (χ1v) is 10.2. The van der Waals surface area contributed by atoms with E-state index in [0.717, 1.165) is 11.1 Å². The summed E-state index contributed by atoms with van der Waals surface area (Å²) in [4.78, 5) is 2.30. The lowest BCUT2D eigenvalue weighted by molar-refractivity contribution is 0.457. The number of hydrogen-bond donors (Lipinski definition) is 0. The maximum absolute atomic E-state index is 13.3. The molecule has 0 saturated carbocycles. The van der Waals surface area contributed by atoms with Crippen molar-refractivity contribution in [2.24, 2.45) is 0 Å². The van der Waals surface area contributed by atoms with Crippen LogP contribution in [0.1, 0.15) is 11.1 Å². The molecule has 0 bridgehead atoms. The lowest BCUT2D eigenvalue weighted by Gasteiger charge is -2.13. The maximum atomic E-state index is 13.3. The molecule has 0 aliphatic carbocycles. The molecule has 0 fully saturated rings. The third kappa shape index (κ3) is 2.73. The second kappa shape index (κ2) is 6.24. The van der Waals surface area contributed by atoms with Gasteiger partial charge in [-0.2, -0.15) is 0 Å². The van der Waals surface area contributed by atoms with Crippen LogP contribution < -0.4 is 4.74 Å². The Morgan fingerprint density at radius 3 is 1.84 bits per heavy atom. The smallest absolute Gasteiger partial charge is 0.144 e. The van der Waals surface area contributed by atoms with E-state index in [2.05, 4.69) is 0 Å². The van der Waals surface area contributed by atoms with Gasteiger partial charge in [0.2, 0.25) is 0 Å². The number of fused-ring (bicyclic) bond motifs is 3. The molecule has 1 aliphatic rings. The van der Waals surface area contributed by atoms with Gasteiger partial charge in [-0.05, 0) is 61.4 Å². The van der Waals surface area contributed by atoms with E-state index in [1.54, 1.807) is 24.3 Å². The first kappa shape index (κ1) is 16.2. The van der Waals surface area contributed by atoms with Crippen LogP contribution in [-0.2, 0) is 21.6 Å². The lowest BCUT2D eigenvalue weighted by atomic mass is 10.1. The summed E-state index contributed by atoms with van der Waals surface area (Å²) >= 11 is 0. The number of aryl methyl sites for hydroxylation is 2. The SMILES string of the molecule is Cc1cc2c(cc1C)S(=O)c1ccccc1S(=O)c1ccccc1O2. The zero-order chi connectivity index (χ0) is 17.6. The minimum absolute atomic E-state index is 0.527. The number of para-hydroxylation sites is 1. The zero-order valence-corrected chi connectivity index (χ0v) is 15.4. The summed E-state index contributed by atoms with van der Waals surface area (Å²) in [6.07, 6.45) is 0. The molecule has 3 aromatic rings. The van der Waals surface area contributed by atoms with Crippen LogP contribution in [0.15, 0.2) is 80.2 Å². The predicted molar refractivity (Wildman–Crippen MR) is 98.2 cm³/mol. The Bertz CT molecular complexity index is 1040. The van der Waals surface area contributed by atoms with Crippen LogP contribution >= 0.6 is 0 Å². The van der Waals surface area contributed by atoms with Gasteiger partial charge in [0.25, 0.3) is 0 Å². The largest absolute Gasteiger partial charge is 0.455 e. The quantitative estimate of drug-likeness (QED) is 0.450. The Kier molecular flexibility index (Phi) is 4.06. The molecule has 1 aliphatic heterocycles. The lowest BCUT2D eigenvalue weighted by Crippen LogP contribution is -2.01. The van der Waals surface area contributed by atoms with Crippen LogP contribution in [0.3, 0.4) is 0 Å². The zero-order valence-electron chi connectivity index (χ0n) is 13.8. The molecule has 4 rings (SSSR count). The van der Waals surface area contributed by atoms with Crippen LogP contribution in [0.5, 0.6) is 11.5 Å². The van der Waals surface area contributed by atoms with Crippen molar-refractivity contribution in [3.63, 3.8) is 0 Å². The Labute approximate surface area is 151 Å². The van der Waals surface area contributed by atoms with E-state index in [4.69, 9.17) is 4.74 Å². The Balaban J connectivity index is 2.08. The fourth-order valence-electron chi connectivity index (χ4n) is 2.79. The summed E-state index contributed by atoms with van der Waals surface area (Å²) in [5.74, 6) is 1.07. The number of benzene rings is 3. The molecule has 2 atom stereocenters. The van der Waals surface area contributed by atoms with E-state index < -0.39 is 21.6 Å². The van der Waals surface area contributed by atoms with Gasteiger partial charge in [-0.25, -0.2) is 8.42 Å². The molecule has 3 nitrogen and oxygen atoms in total. The van der Waals surface area contributed by atoms with Gasteiger partial charge in [0.1, 0.15) is 11.5 Å². The third-order valence-electron chi connectivity index (χ3n) is 4.28. The van der Waals surface area contributed by atoms with Crippen LogP contribution in [0.2, 0.25) is 0 Å². The molecule has 0 spiro atoms. The van der Waals surface area contributed by atoms with Crippen molar-refractivity contribution in [1.82, 2.24) is 0 Å². The first-order valence-electron chi connectivity index (χ1n) is 7.87. The Morgan fingerprint density at radius 2 is 1.16 bits per heavy atom. The molecule has 126 valence electrons. The van der Waals surface area contributed by atoms with Gasteiger partial charge in [-0.3, -0.25) is 0 Å². The molecule has 0 aromatic heterocycles. The second-order valence-corrected chi connectivity index (χ2v) is 8.75. The van der Waals surface area contributed by atoms with Crippen molar-refractivity contribution in [3.8, 4) is 11.5 Å². The highest BCUT2D eigenvalue weighted by Gasteiger charge is 2.25. The maximum Gasteiger partial charge on any atom is 0.144 e. The predicted octanol–water partition coefficient (Wildman–Crippen LogP) is 4.74. The topological polar surface area (TPSA) is 43.4 Å². The van der Waals surface area contributed by atoms with Gasteiger partial charge in [0, 0.05) is 0 Å². The highest BCUT2D eigenvalue weighted by molar-refractivity contribution is 7.88. The molecule has 5 heteroatoms. The Morgan fingerprint density at radius 1 is 0.640 bits per heavy atom. The van der Waals surface area contributed by atoms with Crippen LogP contribution in [0.25, 0.3) is 0 Å². The van der Waals surface area contributed by atoms with Crippen molar-refractivity contribution in [1.29, 1.82) is 0 Å². The molecular weight excluding hydrogens is 352 g/mol. The molecule has 0 radical (unpaired) electrons. The number of ether oxygens (including phenoxy) is 1. The molecule has 0 amide bonds. The fraction of sp³-hybridized carbons (Fsp3) is 0.100.